The van der Waals surface area contributed by atoms with Gasteiger partial charge in [-0.25, -0.2) is 4.79 Å². The van der Waals surface area contributed by atoms with Gasteiger partial charge >= 0.3 is 6.09 Å². The number of rotatable bonds is 7. The molecule has 0 spiro atoms. The van der Waals surface area contributed by atoms with Gasteiger partial charge in [-0.3, -0.25) is 4.98 Å². The van der Waals surface area contributed by atoms with E-state index in [0.717, 1.165) is 30.0 Å². The molecule has 9 nitrogen and oxygen atoms in total. The Morgan fingerprint density at radius 3 is 2.77 bits per heavy atom. The smallest absolute Gasteiger partial charge is 0.409 e. The van der Waals surface area contributed by atoms with Crippen LogP contribution in [0.1, 0.15) is 31.3 Å². The zero-order valence-electron chi connectivity index (χ0n) is 16.9. The maximum absolute atomic E-state index is 11.8. The van der Waals surface area contributed by atoms with Crippen LogP contribution in [0, 0.1) is 0 Å². The predicted octanol–water partition coefficient (Wildman–Crippen LogP) is 2.69. The summed E-state index contributed by atoms with van der Waals surface area (Å²) in [4.78, 5) is 17.7. The molecule has 1 fully saturated rings. The van der Waals surface area contributed by atoms with Crippen molar-refractivity contribution in [3.05, 3.63) is 42.1 Å². The van der Waals surface area contributed by atoms with Gasteiger partial charge in [0, 0.05) is 25.3 Å². The SMILES string of the molecule is CCOC(=O)N1CCC(NC(=S)Nc2cnccc2NCc2ccc(CO)o2)CC1. The Morgan fingerprint density at radius 2 is 2.07 bits per heavy atom. The van der Waals surface area contributed by atoms with E-state index in [2.05, 4.69) is 20.9 Å². The van der Waals surface area contributed by atoms with Crippen LogP contribution >= 0.6 is 12.2 Å². The molecule has 2 aromatic rings. The van der Waals surface area contributed by atoms with Crippen LogP contribution in [0.25, 0.3) is 0 Å². The summed E-state index contributed by atoms with van der Waals surface area (Å²) in [6.45, 7) is 3.80. The number of thiocarbonyl (C=S) groups is 1. The van der Waals surface area contributed by atoms with Gasteiger partial charge in [0.05, 0.1) is 30.7 Å². The van der Waals surface area contributed by atoms with Crippen LogP contribution < -0.4 is 16.0 Å². The van der Waals surface area contributed by atoms with E-state index in [-0.39, 0.29) is 18.7 Å². The Hall–Kier alpha value is -2.85. The molecule has 1 saturated heterocycles. The molecule has 162 valence electrons. The first kappa shape index (κ1) is 21.8. The van der Waals surface area contributed by atoms with Gasteiger partial charge in [0.1, 0.15) is 18.1 Å². The van der Waals surface area contributed by atoms with Crippen molar-refractivity contribution in [3.63, 3.8) is 0 Å². The van der Waals surface area contributed by atoms with Crippen LogP contribution in [0.4, 0.5) is 16.2 Å². The molecule has 30 heavy (non-hydrogen) atoms. The third kappa shape index (κ3) is 6.07. The second-order valence-electron chi connectivity index (χ2n) is 6.86. The number of hydrogen-bond donors (Lipinski definition) is 4. The molecule has 0 radical (unpaired) electrons. The number of aromatic nitrogens is 1. The number of nitrogens with one attached hydrogen (secondary N) is 3. The Kier molecular flexibility index (Phi) is 7.86. The van der Waals surface area contributed by atoms with Crippen molar-refractivity contribution in [2.24, 2.45) is 0 Å². The molecule has 3 heterocycles. The number of ether oxygens (including phenoxy) is 1. The highest BCUT2D eigenvalue weighted by molar-refractivity contribution is 7.80. The van der Waals surface area contributed by atoms with Crippen molar-refractivity contribution in [1.29, 1.82) is 0 Å². The maximum atomic E-state index is 11.8. The number of furan rings is 1. The summed E-state index contributed by atoms with van der Waals surface area (Å²) in [6.07, 6.45) is 4.72. The van der Waals surface area contributed by atoms with Gasteiger partial charge in [0.25, 0.3) is 0 Å². The van der Waals surface area contributed by atoms with Crippen molar-refractivity contribution >= 4 is 34.8 Å². The summed E-state index contributed by atoms with van der Waals surface area (Å²) >= 11 is 5.47. The topological polar surface area (TPSA) is 112 Å². The largest absolute Gasteiger partial charge is 0.462 e. The van der Waals surface area contributed by atoms with Gasteiger partial charge in [0.15, 0.2) is 5.11 Å². The van der Waals surface area contributed by atoms with Crippen LogP contribution in [0.15, 0.2) is 35.0 Å². The lowest BCUT2D eigenvalue weighted by Crippen LogP contribution is -2.47. The van der Waals surface area contributed by atoms with E-state index in [1.807, 2.05) is 12.1 Å². The van der Waals surface area contributed by atoms with E-state index in [9.17, 15) is 4.79 Å². The summed E-state index contributed by atoms with van der Waals surface area (Å²) in [6, 6.07) is 5.60. The molecule has 2 aromatic heterocycles. The molecule has 10 heteroatoms. The third-order valence-corrected chi connectivity index (χ3v) is 4.97. The van der Waals surface area contributed by atoms with Gasteiger partial charge in [-0.1, -0.05) is 0 Å². The quantitative estimate of drug-likeness (QED) is 0.490. The first-order chi connectivity index (χ1) is 14.6. The Balaban J connectivity index is 1.49. The summed E-state index contributed by atoms with van der Waals surface area (Å²) in [7, 11) is 0. The number of hydrogen-bond acceptors (Lipinski definition) is 7. The molecule has 0 bridgehead atoms. The Bertz CT molecular complexity index is 851. The number of pyridine rings is 1. The van der Waals surface area contributed by atoms with Crippen LogP contribution in [0.2, 0.25) is 0 Å². The van der Waals surface area contributed by atoms with Crippen LogP contribution in [0.5, 0.6) is 0 Å². The zero-order valence-corrected chi connectivity index (χ0v) is 17.7. The number of likely N-dealkylation sites (tertiary alicyclic amines) is 1. The highest BCUT2D eigenvalue weighted by Crippen LogP contribution is 2.21. The van der Waals surface area contributed by atoms with Gasteiger partial charge in [-0.05, 0) is 50.2 Å². The molecule has 1 aliphatic heterocycles. The van der Waals surface area contributed by atoms with Gasteiger partial charge in [0.2, 0.25) is 0 Å². The lowest BCUT2D eigenvalue weighted by Gasteiger charge is -2.32. The molecule has 0 unspecified atom stereocenters. The van der Waals surface area contributed by atoms with Crippen molar-refractivity contribution in [2.75, 3.05) is 30.3 Å². The highest BCUT2D eigenvalue weighted by Gasteiger charge is 2.24. The number of anilines is 2. The lowest BCUT2D eigenvalue weighted by molar-refractivity contribution is 0.0964. The van der Waals surface area contributed by atoms with E-state index < -0.39 is 0 Å². The maximum Gasteiger partial charge on any atom is 0.409 e. The predicted molar refractivity (Wildman–Crippen MR) is 117 cm³/mol. The minimum absolute atomic E-state index is 0.124. The Morgan fingerprint density at radius 1 is 1.30 bits per heavy atom. The molecule has 3 rings (SSSR count). The number of carbonyl (C=O) groups is 1. The van der Waals surface area contributed by atoms with Crippen LogP contribution in [-0.4, -0.2) is 51.9 Å². The summed E-state index contributed by atoms with van der Waals surface area (Å²) in [5.74, 6) is 1.25. The molecule has 0 aromatic carbocycles. The van der Waals surface area contributed by atoms with Crippen LogP contribution in [-0.2, 0) is 17.9 Å². The van der Waals surface area contributed by atoms with Gasteiger partial charge < -0.3 is 35.1 Å². The molecule has 1 amide bonds. The highest BCUT2D eigenvalue weighted by atomic mass is 32.1. The van der Waals surface area contributed by atoms with Crippen molar-refractivity contribution in [3.8, 4) is 0 Å². The summed E-state index contributed by atoms with van der Waals surface area (Å²) in [5, 5.41) is 19.4. The van der Waals surface area contributed by atoms with Crippen molar-refractivity contribution < 1.29 is 19.1 Å². The summed E-state index contributed by atoms with van der Waals surface area (Å²) in [5.41, 5.74) is 1.57. The fourth-order valence-corrected chi connectivity index (χ4v) is 3.47. The Labute approximate surface area is 180 Å². The number of aliphatic hydroxyl groups is 1. The molecule has 1 aliphatic rings. The zero-order chi connectivity index (χ0) is 21.3. The van der Waals surface area contributed by atoms with E-state index in [1.54, 1.807) is 30.3 Å². The number of amides is 1. The van der Waals surface area contributed by atoms with Gasteiger partial charge in [-0.2, -0.15) is 0 Å². The minimum atomic E-state index is -0.259. The molecule has 0 atom stereocenters. The normalized spacial score (nSPS) is 14.3. The average molecular weight is 434 g/mol. The van der Waals surface area contributed by atoms with E-state index in [4.69, 9.17) is 26.5 Å². The molecule has 0 saturated carbocycles. The second-order valence-corrected chi connectivity index (χ2v) is 7.27. The number of nitrogens with zero attached hydrogens (tertiary/aromatic N) is 2. The van der Waals surface area contributed by atoms with E-state index in [1.165, 1.54) is 0 Å². The third-order valence-electron chi connectivity index (χ3n) is 4.75. The minimum Gasteiger partial charge on any atom is -0.462 e. The number of carbonyl (C=O) groups excluding carboxylic acids is 1. The molecule has 4 N–H and O–H groups in total. The fraction of sp³-hybridized carbons (Fsp3) is 0.450. The van der Waals surface area contributed by atoms with E-state index >= 15 is 0 Å². The average Bonchev–Trinajstić information content (AvgIpc) is 3.22. The van der Waals surface area contributed by atoms with Crippen molar-refractivity contribution in [2.45, 2.75) is 39.0 Å². The van der Waals surface area contributed by atoms with Crippen LogP contribution in [0.3, 0.4) is 0 Å². The lowest BCUT2D eigenvalue weighted by atomic mass is 10.1. The molecule has 0 aliphatic carbocycles. The first-order valence-electron chi connectivity index (χ1n) is 9.94. The molecular formula is C20H27N5O4S. The van der Waals surface area contributed by atoms with E-state index in [0.29, 0.717) is 37.1 Å². The standard InChI is InChI=1S/C20H27N5O4S/c1-2-28-20(27)25-9-6-14(7-10-25)23-19(30)24-18-12-21-8-5-17(18)22-11-15-3-4-16(13-26)29-15/h3-5,8,12,14,26H,2,6-7,9-11,13H2,1H3,(H,21,22)(H2,23,24,30). The first-order valence-corrected chi connectivity index (χ1v) is 10.4. The van der Waals surface area contributed by atoms with Gasteiger partial charge in [-0.15, -0.1) is 0 Å². The molecular weight excluding hydrogens is 406 g/mol. The number of piperidine rings is 1. The summed E-state index contributed by atoms with van der Waals surface area (Å²) < 4.78 is 10.5. The number of aliphatic hydroxyl groups excluding tert-OH is 1. The van der Waals surface area contributed by atoms with Crippen molar-refractivity contribution in [1.82, 2.24) is 15.2 Å². The second kappa shape index (κ2) is 10.8. The fourth-order valence-electron chi connectivity index (χ4n) is 3.20. The monoisotopic (exact) mass is 433 g/mol.